The van der Waals surface area contributed by atoms with E-state index in [4.69, 9.17) is 0 Å². The number of hydrazone groups is 1. The Morgan fingerprint density at radius 1 is 1.19 bits per heavy atom. The van der Waals surface area contributed by atoms with Crippen molar-refractivity contribution in [3.05, 3.63) is 74.8 Å². The molecular formula is C24H28N4O3. The maximum Gasteiger partial charge on any atom is 0.271 e. The van der Waals surface area contributed by atoms with Gasteiger partial charge in [0.05, 0.1) is 16.7 Å². The minimum Gasteiger partial charge on any atom is -0.360 e. The lowest BCUT2D eigenvalue weighted by Crippen LogP contribution is -2.49. The molecule has 31 heavy (non-hydrogen) atoms. The van der Waals surface area contributed by atoms with Gasteiger partial charge in [-0.2, -0.15) is 5.10 Å². The lowest BCUT2D eigenvalue weighted by Gasteiger charge is -2.46. The summed E-state index contributed by atoms with van der Waals surface area (Å²) >= 11 is 0. The normalized spacial score (nSPS) is 15.1. The van der Waals surface area contributed by atoms with Crippen LogP contribution >= 0.6 is 0 Å². The van der Waals surface area contributed by atoms with Gasteiger partial charge in [0.1, 0.15) is 0 Å². The fraction of sp³-hybridized carbons (Fsp3) is 0.333. The van der Waals surface area contributed by atoms with Crippen LogP contribution in [0.3, 0.4) is 0 Å². The molecule has 1 aliphatic rings. The lowest BCUT2D eigenvalue weighted by molar-refractivity contribution is -0.384. The van der Waals surface area contributed by atoms with E-state index < -0.39 is 10.8 Å². The van der Waals surface area contributed by atoms with Crippen molar-refractivity contribution >= 4 is 29.1 Å². The molecule has 2 aromatic rings. The topological polar surface area (TPSA) is 87.8 Å². The van der Waals surface area contributed by atoms with Gasteiger partial charge in [-0.1, -0.05) is 6.08 Å². The number of non-ortho nitro benzene ring substituents is 1. The molecule has 1 aliphatic heterocycles. The summed E-state index contributed by atoms with van der Waals surface area (Å²) in [7, 11) is 0. The van der Waals surface area contributed by atoms with Gasteiger partial charge in [0.25, 0.3) is 11.6 Å². The van der Waals surface area contributed by atoms with E-state index in [1.54, 1.807) is 6.21 Å². The van der Waals surface area contributed by atoms with Crippen LogP contribution in [-0.2, 0) is 0 Å². The summed E-state index contributed by atoms with van der Waals surface area (Å²) in [6.07, 6.45) is 3.91. The van der Waals surface area contributed by atoms with E-state index in [-0.39, 0.29) is 11.2 Å². The molecule has 0 saturated heterocycles. The smallest absolute Gasteiger partial charge is 0.271 e. The van der Waals surface area contributed by atoms with Crippen molar-refractivity contribution < 1.29 is 9.72 Å². The summed E-state index contributed by atoms with van der Waals surface area (Å²) < 4.78 is 0. The molecule has 1 heterocycles. The molecule has 0 bridgehead atoms. The van der Waals surface area contributed by atoms with E-state index in [1.165, 1.54) is 35.5 Å². The molecule has 162 valence electrons. The fourth-order valence-electron chi connectivity index (χ4n) is 4.25. The molecule has 0 saturated carbocycles. The highest BCUT2D eigenvalue weighted by Gasteiger charge is 2.33. The molecule has 7 nitrogen and oxygen atoms in total. The summed E-state index contributed by atoms with van der Waals surface area (Å²) in [5.74, 6) is -0.425. The lowest BCUT2D eigenvalue weighted by atomic mass is 9.86. The first-order valence-corrected chi connectivity index (χ1v) is 10.2. The van der Waals surface area contributed by atoms with E-state index >= 15 is 0 Å². The van der Waals surface area contributed by atoms with Gasteiger partial charge in [-0.05, 0) is 82.5 Å². The molecule has 0 aromatic heterocycles. The van der Waals surface area contributed by atoms with Crippen molar-refractivity contribution in [2.75, 3.05) is 4.90 Å². The molecule has 0 aliphatic carbocycles. The van der Waals surface area contributed by atoms with Crippen molar-refractivity contribution in [2.45, 2.75) is 53.1 Å². The van der Waals surface area contributed by atoms with Crippen LogP contribution in [0, 0.1) is 17.0 Å². The van der Waals surface area contributed by atoms with Crippen molar-refractivity contribution in [3.8, 4) is 0 Å². The van der Waals surface area contributed by atoms with Crippen LogP contribution < -0.4 is 10.3 Å². The Labute approximate surface area is 182 Å². The first-order valence-electron chi connectivity index (χ1n) is 10.2. The number of nitrogens with zero attached hydrogens (tertiary/aromatic N) is 3. The van der Waals surface area contributed by atoms with Crippen LogP contribution in [0.1, 0.15) is 61.7 Å². The maximum atomic E-state index is 12.3. The quantitative estimate of drug-likeness (QED) is 0.415. The third-order valence-corrected chi connectivity index (χ3v) is 5.49. The van der Waals surface area contributed by atoms with E-state index in [1.807, 2.05) is 6.92 Å². The highest BCUT2D eigenvalue weighted by molar-refractivity contribution is 5.95. The zero-order chi connectivity index (χ0) is 22.9. The number of fused-ring (bicyclic) bond motifs is 1. The average molecular weight is 421 g/mol. The molecule has 0 spiro atoms. The fourth-order valence-corrected chi connectivity index (χ4v) is 4.25. The van der Waals surface area contributed by atoms with Crippen LogP contribution in [-0.4, -0.2) is 28.6 Å². The molecule has 2 aromatic carbocycles. The second-order valence-corrected chi connectivity index (χ2v) is 8.67. The van der Waals surface area contributed by atoms with E-state index in [0.717, 1.165) is 16.7 Å². The molecule has 1 N–H and O–H groups in total. The largest absolute Gasteiger partial charge is 0.360 e. The highest BCUT2D eigenvalue weighted by Crippen LogP contribution is 2.41. The van der Waals surface area contributed by atoms with Gasteiger partial charge in [-0.15, -0.1) is 0 Å². The zero-order valence-electron chi connectivity index (χ0n) is 18.8. The summed E-state index contributed by atoms with van der Waals surface area (Å²) in [5.41, 5.74) is 8.19. The number of anilines is 1. The summed E-state index contributed by atoms with van der Waals surface area (Å²) in [5, 5.41) is 14.8. The van der Waals surface area contributed by atoms with Gasteiger partial charge in [0.15, 0.2) is 0 Å². The molecule has 0 unspecified atom stereocenters. The summed E-state index contributed by atoms with van der Waals surface area (Å²) in [6, 6.07) is 10.0. The molecule has 0 radical (unpaired) electrons. The molecule has 7 heteroatoms. The van der Waals surface area contributed by atoms with Crippen LogP contribution in [0.4, 0.5) is 11.4 Å². The highest BCUT2D eigenvalue weighted by atomic mass is 16.6. The number of carbonyl (C=O) groups is 1. The maximum absolute atomic E-state index is 12.3. The minimum atomic E-state index is -0.503. The number of benzene rings is 2. The Bertz CT molecular complexity index is 1080. The number of amides is 1. The Morgan fingerprint density at radius 3 is 2.42 bits per heavy atom. The summed E-state index contributed by atoms with van der Waals surface area (Å²) in [4.78, 5) is 24.9. The van der Waals surface area contributed by atoms with Gasteiger partial charge in [-0.25, -0.2) is 5.43 Å². The Morgan fingerprint density at radius 2 is 1.84 bits per heavy atom. The van der Waals surface area contributed by atoms with Crippen molar-refractivity contribution in [2.24, 2.45) is 5.10 Å². The zero-order valence-corrected chi connectivity index (χ0v) is 18.8. The number of nitro groups is 1. The van der Waals surface area contributed by atoms with Gasteiger partial charge in [0, 0.05) is 35.0 Å². The second-order valence-electron chi connectivity index (χ2n) is 8.67. The number of allylic oxidation sites excluding steroid dienone is 1. The Balaban J connectivity index is 1.83. The predicted molar refractivity (Wildman–Crippen MR) is 125 cm³/mol. The van der Waals surface area contributed by atoms with Crippen LogP contribution in [0.15, 0.2) is 47.6 Å². The third kappa shape index (κ3) is 4.50. The number of rotatable bonds is 5. The molecule has 0 fully saturated rings. The molecule has 3 rings (SSSR count). The van der Waals surface area contributed by atoms with Gasteiger partial charge >= 0.3 is 0 Å². The number of nitrogens with one attached hydrogen (secondary N) is 1. The first-order chi connectivity index (χ1) is 14.5. The van der Waals surface area contributed by atoms with Gasteiger partial charge in [0.2, 0.25) is 0 Å². The Hall–Kier alpha value is -3.48. The number of hydrogen-bond acceptors (Lipinski definition) is 5. The van der Waals surface area contributed by atoms with E-state index in [9.17, 15) is 14.9 Å². The van der Waals surface area contributed by atoms with Crippen molar-refractivity contribution in [3.63, 3.8) is 0 Å². The van der Waals surface area contributed by atoms with Crippen LogP contribution in [0.5, 0.6) is 0 Å². The minimum absolute atomic E-state index is 0.0632. The Kier molecular flexibility index (Phi) is 5.97. The monoisotopic (exact) mass is 420 g/mol. The predicted octanol–water partition coefficient (Wildman–Crippen LogP) is 5.08. The number of nitro benzene ring substituents is 1. The SMILES string of the molecule is CC1=CC(C)(C)N(C(C)C)c2cc(C)c(/C=N/NC(=O)c3ccc([N+](=O)[O-])cc3)cc21. The number of hydrogen-bond donors (Lipinski definition) is 1. The standard InChI is InChI=1S/C24H28N4O3/c1-15(2)27-22-11-16(3)19(12-21(22)17(4)13-24(27,5)6)14-25-26-23(29)18-7-9-20(10-8-18)28(30)31/h7-15H,1-6H3,(H,26,29)/b25-14+. The van der Waals surface area contributed by atoms with Gasteiger partial charge in [-0.3, -0.25) is 14.9 Å². The third-order valence-electron chi connectivity index (χ3n) is 5.49. The first kappa shape index (κ1) is 22.2. The number of aryl methyl sites for hydroxylation is 1. The van der Waals surface area contributed by atoms with Crippen LogP contribution in [0.25, 0.3) is 5.57 Å². The molecule has 0 atom stereocenters. The van der Waals surface area contributed by atoms with Crippen LogP contribution in [0.2, 0.25) is 0 Å². The van der Waals surface area contributed by atoms with Gasteiger partial charge < -0.3 is 4.90 Å². The molecular weight excluding hydrogens is 392 g/mol. The van der Waals surface area contributed by atoms with E-state index in [0.29, 0.717) is 11.6 Å². The number of carbonyl (C=O) groups excluding carboxylic acids is 1. The van der Waals surface area contributed by atoms with E-state index in [2.05, 4.69) is 68.3 Å². The summed E-state index contributed by atoms with van der Waals surface area (Å²) in [6.45, 7) is 13.0. The van der Waals surface area contributed by atoms with Crippen molar-refractivity contribution in [1.82, 2.24) is 5.43 Å². The molecule has 1 amide bonds. The second kappa shape index (κ2) is 8.34. The average Bonchev–Trinajstić information content (AvgIpc) is 2.67. The van der Waals surface area contributed by atoms with Crippen molar-refractivity contribution in [1.29, 1.82) is 0 Å².